The molecule has 1 fully saturated rings. The van der Waals surface area contributed by atoms with E-state index in [2.05, 4.69) is 4.98 Å². The first-order valence-electron chi connectivity index (χ1n) is 10.8. The fourth-order valence-electron chi connectivity index (χ4n) is 4.50. The Hall–Kier alpha value is -2.77. The number of aryl methyl sites for hydroxylation is 2. The van der Waals surface area contributed by atoms with Crippen molar-refractivity contribution < 1.29 is 13.2 Å². The van der Waals surface area contributed by atoms with Crippen molar-refractivity contribution in [3.05, 3.63) is 71.4 Å². The zero-order chi connectivity index (χ0) is 21.4. The smallest absolute Gasteiger partial charge is 0.272 e. The first-order chi connectivity index (χ1) is 15.0. The lowest BCUT2D eigenvalue weighted by atomic mass is 9.92. The molecule has 1 amide bonds. The molecule has 1 aliphatic carbocycles. The number of benzene rings is 2. The molecular formula is C24H25N3O3S. The van der Waals surface area contributed by atoms with Gasteiger partial charge < -0.3 is 4.90 Å². The fourth-order valence-corrected chi connectivity index (χ4v) is 5.97. The Bertz CT molecular complexity index is 1250. The number of rotatable bonds is 3. The number of hydrogen-bond donors (Lipinski definition) is 0. The third kappa shape index (κ3) is 3.83. The number of para-hydroxylation sites is 1. The summed E-state index contributed by atoms with van der Waals surface area (Å²) >= 11 is 0. The minimum absolute atomic E-state index is 0.156. The van der Waals surface area contributed by atoms with E-state index in [1.807, 2.05) is 42.5 Å². The summed E-state index contributed by atoms with van der Waals surface area (Å²) in [6.07, 6.45) is 4.25. The summed E-state index contributed by atoms with van der Waals surface area (Å²) in [5.41, 5.74) is 3.60. The van der Waals surface area contributed by atoms with E-state index in [-0.39, 0.29) is 5.91 Å². The summed E-state index contributed by atoms with van der Waals surface area (Å²) in [5.74, 6) is -0.156. The molecule has 2 aromatic carbocycles. The highest BCUT2D eigenvalue weighted by Crippen LogP contribution is 2.26. The Kier molecular flexibility index (Phi) is 5.24. The van der Waals surface area contributed by atoms with Crippen LogP contribution in [0.5, 0.6) is 0 Å². The lowest BCUT2D eigenvalue weighted by Gasteiger charge is -2.34. The normalized spacial score (nSPS) is 17.5. The molecule has 0 unspecified atom stereocenters. The molecule has 1 aromatic heterocycles. The first-order valence-corrected chi connectivity index (χ1v) is 12.2. The highest BCUT2D eigenvalue weighted by molar-refractivity contribution is 7.89. The van der Waals surface area contributed by atoms with Gasteiger partial charge in [-0.2, -0.15) is 4.31 Å². The van der Waals surface area contributed by atoms with Gasteiger partial charge in [0.2, 0.25) is 10.0 Å². The number of nitrogens with zero attached hydrogens (tertiary/aromatic N) is 3. The van der Waals surface area contributed by atoms with Crippen LogP contribution in [-0.2, 0) is 22.9 Å². The van der Waals surface area contributed by atoms with Crippen LogP contribution >= 0.6 is 0 Å². The summed E-state index contributed by atoms with van der Waals surface area (Å²) in [6, 6.07) is 16.9. The highest BCUT2D eigenvalue weighted by atomic mass is 32.2. The number of aromatic nitrogens is 1. The standard InChI is InChI=1S/C24H25N3O3S/c28-24(23-12-10-19-6-3-4-8-22(19)25-23)26-13-15-27(16-14-26)31(29,30)21-11-9-18-5-1-2-7-20(18)17-21/h3-4,6,8-12,17H,1-2,5,7,13-16H2. The van der Waals surface area contributed by atoms with Gasteiger partial charge in [-0.1, -0.05) is 30.3 Å². The Labute approximate surface area is 182 Å². The van der Waals surface area contributed by atoms with Crippen LogP contribution < -0.4 is 0 Å². The van der Waals surface area contributed by atoms with Gasteiger partial charge in [0.15, 0.2) is 0 Å². The summed E-state index contributed by atoms with van der Waals surface area (Å²) in [7, 11) is -3.56. The van der Waals surface area contributed by atoms with Gasteiger partial charge in [-0.05, 0) is 61.1 Å². The van der Waals surface area contributed by atoms with Gasteiger partial charge in [-0.15, -0.1) is 0 Å². The molecule has 3 aromatic rings. The number of amides is 1. The maximum absolute atomic E-state index is 13.2. The van der Waals surface area contributed by atoms with Crippen molar-refractivity contribution in [3.8, 4) is 0 Å². The van der Waals surface area contributed by atoms with E-state index in [0.29, 0.717) is 36.8 Å². The van der Waals surface area contributed by atoms with Crippen molar-refractivity contribution >= 4 is 26.8 Å². The predicted molar refractivity (Wildman–Crippen MR) is 119 cm³/mol. The van der Waals surface area contributed by atoms with Gasteiger partial charge in [0.05, 0.1) is 10.4 Å². The van der Waals surface area contributed by atoms with Crippen LogP contribution in [0.3, 0.4) is 0 Å². The molecule has 31 heavy (non-hydrogen) atoms. The number of hydrogen-bond acceptors (Lipinski definition) is 4. The van der Waals surface area contributed by atoms with Crippen LogP contribution in [0, 0.1) is 0 Å². The van der Waals surface area contributed by atoms with Crippen LogP contribution in [0.1, 0.15) is 34.5 Å². The molecule has 160 valence electrons. The van der Waals surface area contributed by atoms with Crippen molar-refractivity contribution in [2.75, 3.05) is 26.2 Å². The number of fused-ring (bicyclic) bond motifs is 2. The van der Waals surface area contributed by atoms with E-state index in [0.717, 1.165) is 35.7 Å². The van der Waals surface area contributed by atoms with Crippen molar-refractivity contribution in [2.45, 2.75) is 30.6 Å². The fraction of sp³-hybridized carbons (Fsp3) is 0.333. The van der Waals surface area contributed by atoms with Crippen LogP contribution in [0.4, 0.5) is 0 Å². The van der Waals surface area contributed by atoms with Crippen molar-refractivity contribution in [2.24, 2.45) is 0 Å². The summed E-state index contributed by atoms with van der Waals surface area (Å²) in [6.45, 7) is 1.30. The third-order valence-electron chi connectivity index (χ3n) is 6.30. The molecule has 7 heteroatoms. The number of sulfonamides is 1. The summed E-state index contributed by atoms with van der Waals surface area (Å²) in [5, 5.41) is 0.986. The molecular weight excluding hydrogens is 410 g/mol. The molecule has 2 heterocycles. The molecule has 0 spiro atoms. The Balaban J connectivity index is 1.29. The number of pyridine rings is 1. The SMILES string of the molecule is O=C(c1ccc2ccccc2n1)N1CCN(S(=O)(=O)c2ccc3c(c2)CCCC3)CC1. The van der Waals surface area contributed by atoms with E-state index in [1.54, 1.807) is 17.0 Å². The van der Waals surface area contributed by atoms with Gasteiger partial charge in [0.1, 0.15) is 5.69 Å². The third-order valence-corrected chi connectivity index (χ3v) is 8.20. The average Bonchev–Trinajstić information content (AvgIpc) is 2.83. The predicted octanol–water partition coefficient (Wildman–Crippen LogP) is 3.26. The number of piperazine rings is 1. The average molecular weight is 436 g/mol. The topological polar surface area (TPSA) is 70.6 Å². The molecule has 5 rings (SSSR count). The molecule has 0 N–H and O–H groups in total. The van der Waals surface area contributed by atoms with Gasteiger partial charge in [-0.25, -0.2) is 13.4 Å². The second-order valence-electron chi connectivity index (χ2n) is 8.22. The largest absolute Gasteiger partial charge is 0.335 e. The number of carbonyl (C=O) groups is 1. The van der Waals surface area contributed by atoms with Crippen molar-refractivity contribution in [1.82, 2.24) is 14.2 Å². The molecule has 0 radical (unpaired) electrons. The van der Waals surface area contributed by atoms with E-state index in [4.69, 9.17) is 0 Å². The van der Waals surface area contributed by atoms with Gasteiger partial charge in [-0.3, -0.25) is 4.79 Å². The second kappa shape index (κ2) is 8.05. The van der Waals surface area contributed by atoms with Crippen LogP contribution in [0.25, 0.3) is 10.9 Å². The molecule has 0 atom stereocenters. The van der Waals surface area contributed by atoms with E-state index < -0.39 is 10.0 Å². The maximum atomic E-state index is 13.2. The molecule has 2 aliphatic rings. The zero-order valence-electron chi connectivity index (χ0n) is 17.3. The van der Waals surface area contributed by atoms with E-state index in [1.165, 1.54) is 16.3 Å². The molecule has 0 saturated carbocycles. The molecule has 1 aliphatic heterocycles. The molecule has 6 nitrogen and oxygen atoms in total. The summed E-state index contributed by atoms with van der Waals surface area (Å²) in [4.78, 5) is 19.5. The Morgan fingerprint density at radius 2 is 1.58 bits per heavy atom. The monoisotopic (exact) mass is 435 g/mol. The quantitative estimate of drug-likeness (QED) is 0.633. The number of carbonyl (C=O) groups excluding carboxylic acids is 1. The van der Waals surface area contributed by atoms with Crippen LogP contribution in [0.15, 0.2) is 59.5 Å². The summed E-state index contributed by atoms with van der Waals surface area (Å²) < 4.78 is 27.8. The minimum Gasteiger partial charge on any atom is -0.335 e. The lowest BCUT2D eigenvalue weighted by molar-refractivity contribution is 0.0692. The van der Waals surface area contributed by atoms with Gasteiger partial charge in [0.25, 0.3) is 5.91 Å². The zero-order valence-corrected chi connectivity index (χ0v) is 18.1. The minimum atomic E-state index is -3.56. The van der Waals surface area contributed by atoms with Crippen molar-refractivity contribution in [3.63, 3.8) is 0 Å². The van der Waals surface area contributed by atoms with Crippen molar-refractivity contribution in [1.29, 1.82) is 0 Å². The molecule has 1 saturated heterocycles. The second-order valence-corrected chi connectivity index (χ2v) is 10.2. The van der Waals surface area contributed by atoms with Gasteiger partial charge >= 0.3 is 0 Å². The van der Waals surface area contributed by atoms with Crippen LogP contribution in [-0.4, -0.2) is 54.7 Å². The Morgan fingerprint density at radius 3 is 2.39 bits per heavy atom. The molecule has 0 bridgehead atoms. The van der Waals surface area contributed by atoms with Crippen LogP contribution in [0.2, 0.25) is 0 Å². The first kappa shape index (κ1) is 20.2. The maximum Gasteiger partial charge on any atom is 0.272 e. The van der Waals surface area contributed by atoms with E-state index in [9.17, 15) is 13.2 Å². The van der Waals surface area contributed by atoms with E-state index >= 15 is 0 Å². The lowest BCUT2D eigenvalue weighted by Crippen LogP contribution is -2.50. The highest BCUT2D eigenvalue weighted by Gasteiger charge is 2.31. The Morgan fingerprint density at radius 1 is 0.839 bits per heavy atom. The van der Waals surface area contributed by atoms with Gasteiger partial charge in [0, 0.05) is 31.6 Å².